The van der Waals surface area contributed by atoms with E-state index in [9.17, 15) is 14.0 Å². The zero-order valence-electron chi connectivity index (χ0n) is 11.6. The number of aromatic nitrogens is 2. The number of ether oxygens (including phenoxy) is 1. The Morgan fingerprint density at radius 2 is 2.18 bits per heavy atom. The summed E-state index contributed by atoms with van der Waals surface area (Å²) in [4.78, 5) is 29.8. The Morgan fingerprint density at radius 3 is 2.95 bits per heavy atom. The van der Waals surface area contributed by atoms with E-state index in [4.69, 9.17) is 9.15 Å². The van der Waals surface area contributed by atoms with Gasteiger partial charge in [0.25, 0.3) is 0 Å². The molecule has 0 aliphatic carbocycles. The maximum Gasteiger partial charge on any atom is 0.338 e. The summed E-state index contributed by atoms with van der Waals surface area (Å²) < 4.78 is 23.4. The molecule has 1 aromatic carbocycles. The van der Waals surface area contributed by atoms with E-state index in [0.29, 0.717) is 11.2 Å². The number of hydrogen-bond acceptors (Lipinski definition) is 5. The SMILES string of the molecule is Cc1cc(C(=O)OCc2nc3ccc(F)cc3o2)cc(=O)[nH]1. The van der Waals surface area contributed by atoms with Crippen molar-refractivity contribution in [1.82, 2.24) is 9.97 Å². The molecule has 0 fully saturated rings. The number of carbonyl (C=O) groups excluding carboxylic acids is 1. The summed E-state index contributed by atoms with van der Waals surface area (Å²) in [5, 5.41) is 0. The lowest BCUT2D eigenvalue weighted by molar-refractivity contribution is 0.0440. The number of esters is 1. The Labute approximate surface area is 123 Å². The lowest BCUT2D eigenvalue weighted by atomic mass is 10.2. The molecule has 2 heterocycles. The van der Waals surface area contributed by atoms with Crippen molar-refractivity contribution >= 4 is 17.1 Å². The number of halogens is 1. The average Bonchev–Trinajstić information content (AvgIpc) is 2.85. The molecule has 0 atom stereocenters. The number of aromatic amines is 1. The number of rotatable bonds is 3. The van der Waals surface area contributed by atoms with Crippen molar-refractivity contribution in [3.8, 4) is 0 Å². The van der Waals surface area contributed by atoms with Crippen LogP contribution in [0.2, 0.25) is 0 Å². The summed E-state index contributed by atoms with van der Waals surface area (Å²) in [7, 11) is 0. The number of hydrogen-bond donors (Lipinski definition) is 1. The van der Waals surface area contributed by atoms with E-state index in [2.05, 4.69) is 9.97 Å². The first-order chi connectivity index (χ1) is 10.5. The highest BCUT2D eigenvalue weighted by atomic mass is 19.1. The fourth-order valence-corrected chi connectivity index (χ4v) is 2.02. The summed E-state index contributed by atoms with van der Waals surface area (Å²) in [6, 6.07) is 6.59. The average molecular weight is 302 g/mol. The van der Waals surface area contributed by atoms with Gasteiger partial charge >= 0.3 is 5.97 Å². The van der Waals surface area contributed by atoms with Crippen LogP contribution in [0.3, 0.4) is 0 Å². The van der Waals surface area contributed by atoms with Gasteiger partial charge in [0, 0.05) is 17.8 Å². The van der Waals surface area contributed by atoms with Gasteiger partial charge in [-0.2, -0.15) is 0 Å². The van der Waals surface area contributed by atoms with Crippen LogP contribution in [-0.2, 0) is 11.3 Å². The van der Waals surface area contributed by atoms with E-state index < -0.39 is 11.8 Å². The van der Waals surface area contributed by atoms with E-state index in [0.717, 1.165) is 6.07 Å². The second-order valence-corrected chi connectivity index (χ2v) is 4.71. The summed E-state index contributed by atoms with van der Waals surface area (Å²) >= 11 is 0. The van der Waals surface area contributed by atoms with Crippen LogP contribution in [0, 0.1) is 12.7 Å². The molecule has 112 valence electrons. The van der Waals surface area contributed by atoms with Crippen LogP contribution in [-0.4, -0.2) is 15.9 Å². The molecule has 3 rings (SSSR count). The van der Waals surface area contributed by atoms with Gasteiger partial charge in [0.1, 0.15) is 11.3 Å². The molecule has 0 aliphatic heterocycles. The van der Waals surface area contributed by atoms with Gasteiger partial charge in [0.05, 0.1) is 5.56 Å². The van der Waals surface area contributed by atoms with Crippen molar-refractivity contribution in [2.24, 2.45) is 0 Å². The molecule has 0 saturated heterocycles. The van der Waals surface area contributed by atoms with E-state index in [1.165, 1.54) is 24.3 Å². The smallest absolute Gasteiger partial charge is 0.338 e. The first kappa shape index (κ1) is 14.0. The number of benzene rings is 1. The van der Waals surface area contributed by atoms with Gasteiger partial charge in [-0.3, -0.25) is 4.79 Å². The molecular weight excluding hydrogens is 291 g/mol. The van der Waals surface area contributed by atoms with Crippen molar-refractivity contribution in [2.75, 3.05) is 0 Å². The van der Waals surface area contributed by atoms with E-state index in [1.54, 1.807) is 6.92 Å². The summed E-state index contributed by atoms with van der Waals surface area (Å²) in [6.07, 6.45) is 0. The highest BCUT2D eigenvalue weighted by Gasteiger charge is 2.12. The monoisotopic (exact) mass is 302 g/mol. The molecule has 1 N–H and O–H groups in total. The number of aryl methyl sites for hydroxylation is 1. The minimum absolute atomic E-state index is 0.142. The first-order valence-electron chi connectivity index (χ1n) is 6.44. The van der Waals surface area contributed by atoms with Crippen molar-refractivity contribution in [3.63, 3.8) is 0 Å². The molecular formula is C15H11FN2O4. The van der Waals surface area contributed by atoms with Crippen molar-refractivity contribution in [3.05, 3.63) is 63.7 Å². The number of nitrogens with one attached hydrogen (secondary N) is 1. The maximum absolute atomic E-state index is 13.1. The summed E-state index contributed by atoms with van der Waals surface area (Å²) in [5.74, 6) is -0.954. The van der Waals surface area contributed by atoms with Crippen LogP contribution in [0.1, 0.15) is 21.9 Å². The zero-order chi connectivity index (χ0) is 15.7. The Balaban J connectivity index is 1.75. The first-order valence-corrected chi connectivity index (χ1v) is 6.44. The predicted octanol–water partition coefficient (Wildman–Crippen LogP) is 2.32. The fourth-order valence-electron chi connectivity index (χ4n) is 2.02. The minimum atomic E-state index is -0.664. The van der Waals surface area contributed by atoms with E-state index in [-0.39, 0.29) is 29.2 Å². The molecule has 3 aromatic rings. The number of pyridine rings is 1. The number of H-pyrrole nitrogens is 1. The molecule has 6 nitrogen and oxygen atoms in total. The van der Waals surface area contributed by atoms with Crippen LogP contribution in [0.25, 0.3) is 11.1 Å². The molecule has 0 radical (unpaired) electrons. The highest BCUT2D eigenvalue weighted by Crippen LogP contribution is 2.17. The molecule has 0 amide bonds. The standard InChI is InChI=1S/C15H11FN2O4/c1-8-4-9(5-13(19)17-8)15(20)21-7-14-18-11-3-2-10(16)6-12(11)22-14/h2-6H,7H2,1H3,(H,17,19). The number of carbonyl (C=O) groups is 1. The third kappa shape index (κ3) is 2.88. The van der Waals surface area contributed by atoms with Gasteiger partial charge in [-0.25, -0.2) is 14.2 Å². The van der Waals surface area contributed by atoms with Crippen LogP contribution in [0.4, 0.5) is 4.39 Å². The molecule has 7 heteroatoms. The van der Waals surface area contributed by atoms with Crippen LogP contribution < -0.4 is 5.56 Å². The minimum Gasteiger partial charge on any atom is -0.452 e. The third-order valence-electron chi connectivity index (χ3n) is 2.94. The Bertz CT molecular complexity index is 913. The normalized spacial score (nSPS) is 10.8. The zero-order valence-corrected chi connectivity index (χ0v) is 11.6. The van der Waals surface area contributed by atoms with Gasteiger partial charge in [0.15, 0.2) is 12.2 Å². The predicted molar refractivity (Wildman–Crippen MR) is 74.9 cm³/mol. The van der Waals surface area contributed by atoms with Gasteiger partial charge in [-0.05, 0) is 25.1 Å². The van der Waals surface area contributed by atoms with Crippen LogP contribution in [0.5, 0.6) is 0 Å². The van der Waals surface area contributed by atoms with Crippen LogP contribution in [0.15, 0.2) is 39.5 Å². The molecule has 0 bridgehead atoms. The number of nitrogens with zero attached hydrogens (tertiary/aromatic N) is 1. The topological polar surface area (TPSA) is 85.2 Å². The highest BCUT2D eigenvalue weighted by molar-refractivity contribution is 5.89. The number of oxazole rings is 1. The second-order valence-electron chi connectivity index (χ2n) is 4.71. The fraction of sp³-hybridized carbons (Fsp3) is 0.133. The van der Waals surface area contributed by atoms with Gasteiger partial charge in [-0.1, -0.05) is 0 Å². The van der Waals surface area contributed by atoms with Crippen molar-refractivity contribution in [2.45, 2.75) is 13.5 Å². The van der Waals surface area contributed by atoms with Gasteiger partial charge < -0.3 is 14.1 Å². The van der Waals surface area contributed by atoms with Gasteiger partial charge in [0.2, 0.25) is 11.4 Å². The Kier molecular flexibility index (Phi) is 3.46. The quantitative estimate of drug-likeness (QED) is 0.750. The molecule has 0 saturated carbocycles. The van der Waals surface area contributed by atoms with Crippen molar-refractivity contribution in [1.29, 1.82) is 0 Å². The molecule has 0 aliphatic rings. The van der Waals surface area contributed by atoms with Crippen molar-refractivity contribution < 1.29 is 18.3 Å². The van der Waals surface area contributed by atoms with Gasteiger partial charge in [-0.15, -0.1) is 0 Å². The van der Waals surface area contributed by atoms with E-state index >= 15 is 0 Å². The number of fused-ring (bicyclic) bond motifs is 1. The van der Waals surface area contributed by atoms with Crippen LogP contribution >= 0.6 is 0 Å². The Morgan fingerprint density at radius 1 is 1.36 bits per heavy atom. The summed E-state index contributed by atoms with van der Waals surface area (Å²) in [5.41, 5.74) is 1.06. The molecule has 0 unspecified atom stereocenters. The third-order valence-corrected chi connectivity index (χ3v) is 2.94. The summed E-state index contributed by atoms with van der Waals surface area (Å²) in [6.45, 7) is 1.45. The lowest BCUT2D eigenvalue weighted by Gasteiger charge is -2.02. The lowest BCUT2D eigenvalue weighted by Crippen LogP contribution is -2.13. The molecule has 2 aromatic heterocycles. The second kappa shape index (κ2) is 5.44. The Hall–Kier alpha value is -2.96. The molecule has 0 spiro atoms. The molecule has 22 heavy (non-hydrogen) atoms. The largest absolute Gasteiger partial charge is 0.452 e. The van der Waals surface area contributed by atoms with E-state index in [1.807, 2.05) is 0 Å². The maximum atomic E-state index is 13.1.